The van der Waals surface area contributed by atoms with Crippen LogP contribution in [-0.2, 0) is 11.2 Å². The standard InChI is InChI=1S/C16H19NS.ClH/c1-16(2,3)13-7-9-15(10-8-13)18-12-14-6-4-5-11-17-14;/h4-11H,12H2,1-3H3;1H. The van der Waals surface area contributed by atoms with Gasteiger partial charge in [0.15, 0.2) is 0 Å². The summed E-state index contributed by atoms with van der Waals surface area (Å²) in [5.41, 5.74) is 2.73. The van der Waals surface area contributed by atoms with E-state index in [0.717, 1.165) is 11.4 Å². The molecule has 0 aliphatic rings. The van der Waals surface area contributed by atoms with Gasteiger partial charge in [0.1, 0.15) is 0 Å². The maximum atomic E-state index is 4.33. The van der Waals surface area contributed by atoms with Crippen molar-refractivity contribution in [1.82, 2.24) is 4.98 Å². The molecular formula is C16H20ClNS. The van der Waals surface area contributed by atoms with E-state index in [2.05, 4.69) is 56.1 Å². The van der Waals surface area contributed by atoms with Crippen LogP contribution >= 0.6 is 24.2 Å². The van der Waals surface area contributed by atoms with E-state index in [0.29, 0.717) is 0 Å². The van der Waals surface area contributed by atoms with E-state index in [-0.39, 0.29) is 17.8 Å². The maximum absolute atomic E-state index is 4.33. The van der Waals surface area contributed by atoms with Crippen molar-refractivity contribution in [1.29, 1.82) is 0 Å². The number of rotatable bonds is 3. The second-order valence-electron chi connectivity index (χ2n) is 5.38. The Hall–Kier alpha value is -0.990. The van der Waals surface area contributed by atoms with Gasteiger partial charge in [-0.1, -0.05) is 39.0 Å². The summed E-state index contributed by atoms with van der Waals surface area (Å²) in [6, 6.07) is 14.9. The summed E-state index contributed by atoms with van der Waals surface area (Å²) < 4.78 is 0. The minimum atomic E-state index is 0. The quantitative estimate of drug-likeness (QED) is 0.731. The molecule has 3 heteroatoms. The molecule has 0 fully saturated rings. The Morgan fingerprint density at radius 3 is 2.21 bits per heavy atom. The molecule has 2 rings (SSSR count). The van der Waals surface area contributed by atoms with E-state index in [4.69, 9.17) is 0 Å². The fourth-order valence-corrected chi connectivity index (χ4v) is 2.51. The van der Waals surface area contributed by atoms with E-state index in [1.807, 2.05) is 30.1 Å². The Morgan fingerprint density at radius 2 is 1.68 bits per heavy atom. The smallest absolute Gasteiger partial charge is 0.0506 e. The predicted octanol–water partition coefficient (Wildman–Crippen LogP) is 5.09. The van der Waals surface area contributed by atoms with Gasteiger partial charge in [0.25, 0.3) is 0 Å². The molecule has 0 aliphatic heterocycles. The van der Waals surface area contributed by atoms with Gasteiger partial charge in [-0.15, -0.1) is 24.2 Å². The average molecular weight is 294 g/mol. The summed E-state index contributed by atoms with van der Waals surface area (Å²) in [5.74, 6) is 0.926. The van der Waals surface area contributed by atoms with E-state index in [1.54, 1.807) is 0 Å². The number of nitrogens with zero attached hydrogens (tertiary/aromatic N) is 1. The highest BCUT2D eigenvalue weighted by Crippen LogP contribution is 2.26. The van der Waals surface area contributed by atoms with E-state index in [1.165, 1.54) is 10.5 Å². The highest BCUT2D eigenvalue weighted by molar-refractivity contribution is 7.98. The van der Waals surface area contributed by atoms with Crippen molar-refractivity contribution in [3.63, 3.8) is 0 Å². The van der Waals surface area contributed by atoms with Crippen LogP contribution in [0.1, 0.15) is 32.0 Å². The van der Waals surface area contributed by atoms with Gasteiger partial charge in [-0.25, -0.2) is 0 Å². The summed E-state index contributed by atoms with van der Waals surface area (Å²) in [6.45, 7) is 6.72. The van der Waals surface area contributed by atoms with Gasteiger partial charge < -0.3 is 0 Å². The monoisotopic (exact) mass is 293 g/mol. The van der Waals surface area contributed by atoms with Gasteiger partial charge in [0, 0.05) is 16.8 Å². The summed E-state index contributed by atoms with van der Waals surface area (Å²) in [6.07, 6.45) is 1.85. The van der Waals surface area contributed by atoms with Gasteiger partial charge in [-0.05, 0) is 35.2 Å². The fourth-order valence-electron chi connectivity index (χ4n) is 1.69. The van der Waals surface area contributed by atoms with Gasteiger partial charge >= 0.3 is 0 Å². The number of aromatic nitrogens is 1. The van der Waals surface area contributed by atoms with Crippen LogP contribution in [0.25, 0.3) is 0 Å². The first-order chi connectivity index (χ1) is 8.55. The molecule has 0 atom stereocenters. The lowest BCUT2D eigenvalue weighted by Crippen LogP contribution is -2.10. The second-order valence-corrected chi connectivity index (χ2v) is 6.43. The van der Waals surface area contributed by atoms with Crippen molar-refractivity contribution in [2.75, 3.05) is 0 Å². The molecule has 0 saturated heterocycles. The van der Waals surface area contributed by atoms with Crippen molar-refractivity contribution in [3.05, 3.63) is 59.9 Å². The Balaban J connectivity index is 0.00000180. The predicted molar refractivity (Wildman–Crippen MR) is 86.2 cm³/mol. The Bertz CT molecular complexity index is 488. The lowest BCUT2D eigenvalue weighted by Gasteiger charge is -2.19. The lowest BCUT2D eigenvalue weighted by atomic mass is 9.87. The molecule has 0 unspecified atom stereocenters. The largest absolute Gasteiger partial charge is 0.260 e. The Labute approximate surface area is 126 Å². The molecule has 1 aromatic carbocycles. The molecule has 1 nitrogen and oxygen atoms in total. The molecule has 1 aromatic heterocycles. The average Bonchev–Trinajstić information content (AvgIpc) is 2.37. The zero-order valence-electron chi connectivity index (χ0n) is 11.6. The van der Waals surface area contributed by atoms with Gasteiger partial charge in [0.2, 0.25) is 0 Å². The molecule has 1 heterocycles. The van der Waals surface area contributed by atoms with Gasteiger partial charge in [-0.3, -0.25) is 4.98 Å². The van der Waals surface area contributed by atoms with Crippen molar-refractivity contribution in [2.45, 2.75) is 36.8 Å². The molecule has 0 N–H and O–H groups in total. The minimum Gasteiger partial charge on any atom is -0.260 e. The van der Waals surface area contributed by atoms with Crippen LogP contribution in [0.5, 0.6) is 0 Å². The number of pyridine rings is 1. The normalized spacial score (nSPS) is 10.9. The van der Waals surface area contributed by atoms with Crippen molar-refractivity contribution >= 4 is 24.2 Å². The van der Waals surface area contributed by atoms with Crippen molar-refractivity contribution in [2.24, 2.45) is 0 Å². The molecule has 19 heavy (non-hydrogen) atoms. The molecule has 2 aromatic rings. The molecule has 0 bridgehead atoms. The second kappa shape index (κ2) is 6.97. The Morgan fingerprint density at radius 1 is 1.00 bits per heavy atom. The van der Waals surface area contributed by atoms with Crippen LogP contribution in [0.4, 0.5) is 0 Å². The molecular weight excluding hydrogens is 274 g/mol. The summed E-state index contributed by atoms with van der Waals surface area (Å²) >= 11 is 1.83. The number of thioether (sulfide) groups is 1. The fraction of sp³-hybridized carbons (Fsp3) is 0.312. The lowest BCUT2D eigenvalue weighted by molar-refractivity contribution is 0.590. The molecule has 0 radical (unpaired) electrons. The zero-order valence-corrected chi connectivity index (χ0v) is 13.2. The molecule has 102 valence electrons. The van der Waals surface area contributed by atoms with Crippen molar-refractivity contribution in [3.8, 4) is 0 Å². The number of halogens is 1. The van der Waals surface area contributed by atoms with E-state index < -0.39 is 0 Å². The Kier molecular flexibility index (Phi) is 5.89. The van der Waals surface area contributed by atoms with E-state index >= 15 is 0 Å². The van der Waals surface area contributed by atoms with E-state index in [9.17, 15) is 0 Å². The first kappa shape index (κ1) is 16.1. The highest BCUT2D eigenvalue weighted by Gasteiger charge is 2.12. The SMILES string of the molecule is CC(C)(C)c1ccc(SCc2ccccn2)cc1.Cl. The molecule has 0 aliphatic carbocycles. The third kappa shape index (κ3) is 4.88. The number of hydrogen-bond donors (Lipinski definition) is 0. The topological polar surface area (TPSA) is 12.9 Å². The zero-order chi connectivity index (χ0) is 13.0. The van der Waals surface area contributed by atoms with Gasteiger partial charge in [-0.2, -0.15) is 0 Å². The highest BCUT2D eigenvalue weighted by atomic mass is 35.5. The van der Waals surface area contributed by atoms with Crippen LogP contribution in [0.2, 0.25) is 0 Å². The summed E-state index contributed by atoms with van der Waals surface area (Å²) in [4.78, 5) is 5.63. The number of benzene rings is 1. The minimum absolute atomic E-state index is 0. The summed E-state index contributed by atoms with van der Waals surface area (Å²) in [5, 5.41) is 0. The maximum Gasteiger partial charge on any atom is 0.0506 e. The first-order valence-electron chi connectivity index (χ1n) is 6.19. The third-order valence-electron chi connectivity index (χ3n) is 2.83. The number of hydrogen-bond acceptors (Lipinski definition) is 2. The molecule has 0 amide bonds. The summed E-state index contributed by atoms with van der Waals surface area (Å²) in [7, 11) is 0. The van der Waals surface area contributed by atoms with Crippen LogP contribution < -0.4 is 0 Å². The molecule has 0 spiro atoms. The first-order valence-corrected chi connectivity index (χ1v) is 7.17. The van der Waals surface area contributed by atoms with Crippen LogP contribution in [-0.4, -0.2) is 4.98 Å². The van der Waals surface area contributed by atoms with Crippen LogP contribution in [0.3, 0.4) is 0 Å². The van der Waals surface area contributed by atoms with Crippen LogP contribution in [0, 0.1) is 0 Å². The molecule has 0 saturated carbocycles. The third-order valence-corrected chi connectivity index (χ3v) is 3.88. The van der Waals surface area contributed by atoms with Gasteiger partial charge in [0.05, 0.1) is 5.69 Å². The van der Waals surface area contributed by atoms with Crippen molar-refractivity contribution < 1.29 is 0 Å². The van der Waals surface area contributed by atoms with Crippen LogP contribution in [0.15, 0.2) is 53.6 Å².